The van der Waals surface area contributed by atoms with E-state index in [2.05, 4.69) is 20.2 Å². The monoisotopic (exact) mass is 316 g/mol. The number of fused-ring (bicyclic) bond motifs is 1. The van der Waals surface area contributed by atoms with E-state index in [0.717, 1.165) is 51.0 Å². The second kappa shape index (κ2) is 8.08. The van der Waals surface area contributed by atoms with E-state index in [9.17, 15) is 0 Å². The summed E-state index contributed by atoms with van der Waals surface area (Å²) in [6.07, 6.45) is 2.19. The Morgan fingerprint density at radius 2 is 1.78 bits per heavy atom. The first kappa shape index (κ1) is 16.0. The van der Waals surface area contributed by atoms with Crippen LogP contribution in [0, 0.1) is 0 Å². The highest BCUT2D eigenvalue weighted by Crippen LogP contribution is 2.18. The molecule has 0 amide bonds. The normalized spacial score (nSPS) is 15.7. The Balaban J connectivity index is 1.45. The molecule has 1 aliphatic rings. The predicted molar refractivity (Wildman–Crippen MR) is 90.1 cm³/mol. The number of unbranched alkanes of at least 4 members (excludes halogenated alkanes) is 1. The molecule has 0 unspecified atom stereocenters. The van der Waals surface area contributed by atoms with Gasteiger partial charge in [0.05, 0.1) is 13.7 Å². The van der Waals surface area contributed by atoms with Gasteiger partial charge >= 0.3 is 0 Å². The minimum Gasteiger partial charge on any atom is -0.481 e. The smallest absolute Gasteiger partial charge is 0.215 e. The zero-order valence-corrected chi connectivity index (χ0v) is 13.6. The molecule has 0 saturated carbocycles. The van der Waals surface area contributed by atoms with Crippen LogP contribution < -0.4 is 14.8 Å². The number of nitrogens with one attached hydrogen (secondary N) is 1. The Kier molecular flexibility index (Phi) is 5.60. The van der Waals surface area contributed by atoms with Crippen molar-refractivity contribution in [1.29, 1.82) is 0 Å². The van der Waals surface area contributed by atoms with E-state index in [1.54, 1.807) is 7.11 Å². The molecule has 0 radical (unpaired) electrons. The largest absolute Gasteiger partial charge is 0.481 e. The van der Waals surface area contributed by atoms with Crippen molar-refractivity contribution in [3.05, 3.63) is 24.3 Å². The van der Waals surface area contributed by atoms with Crippen molar-refractivity contribution in [2.24, 2.45) is 0 Å². The van der Waals surface area contributed by atoms with E-state index < -0.39 is 0 Å². The van der Waals surface area contributed by atoms with E-state index in [-0.39, 0.29) is 0 Å². The van der Waals surface area contributed by atoms with Gasteiger partial charge in [0.2, 0.25) is 11.8 Å². The molecular weight excluding hydrogens is 292 g/mol. The van der Waals surface area contributed by atoms with E-state index in [1.807, 2.05) is 24.3 Å². The number of rotatable bonds is 7. The summed E-state index contributed by atoms with van der Waals surface area (Å²) in [6.45, 7) is 6.35. The lowest BCUT2D eigenvalue weighted by Gasteiger charge is -2.26. The van der Waals surface area contributed by atoms with Crippen molar-refractivity contribution in [3.63, 3.8) is 0 Å². The van der Waals surface area contributed by atoms with Gasteiger partial charge in [0.15, 0.2) is 5.65 Å². The molecule has 2 aromatic heterocycles. The molecule has 0 aromatic carbocycles. The van der Waals surface area contributed by atoms with Gasteiger partial charge in [-0.15, -0.1) is 0 Å². The average Bonchev–Trinajstić information content (AvgIpc) is 2.61. The summed E-state index contributed by atoms with van der Waals surface area (Å²) in [4.78, 5) is 11.3. The molecule has 3 heterocycles. The summed E-state index contributed by atoms with van der Waals surface area (Å²) >= 11 is 0. The van der Waals surface area contributed by atoms with Crippen LogP contribution >= 0.6 is 0 Å². The molecule has 6 heteroatoms. The van der Waals surface area contributed by atoms with Crippen LogP contribution in [-0.2, 0) is 0 Å². The zero-order valence-electron chi connectivity index (χ0n) is 13.6. The van der Waals surface area contributed by atoms with Gasteiger partial charge < -0.3 is 19.7 Å². The first-order valence-electron chi connectivity index (χ1n) is 8.23. The fourth-order valence-corrected chi connectivity index (χ4v) is 2.71. The Morgan fingerprint density at radius 3 is 2.57 bits per heavy atom. The lowest BCUT2D eigenvalue weighted by molar-refractivity contribution is 0.225. The number of hydrogen-bond donors (Lipinski definition) is 1. The van der Waals surface area contributed by atoms with Gasteiger partial charge in [0.25, 0.3) is 0 Å². The van der Waals surface area contributed by atoms with Crippen molar-refractivity contribution in [2.45, 2.75) is 12.8 Å². The standard InChI is InChI=1S/C17H24N4O2/c1-22-15-6-4-14-5-7-16(20-17(14)19-15)23-13-3-2-10-21-11-8-18-9-12-21/h4-7,18H,2-3,8-13H2,1H3. The fraction of sp³-hybridized carbons (Fsp3) is 0.529. The molecule has 0 bridgehead atoms. The minimum absolute atomic E-state index is 0.568. The van der Waals surface area contributed by atoms with Crippen LogP contribution in [0.2, 0.25) is 0 Å². The van der Waals surface area contributed by atoms with E-state index in [4.69, 9.17) is 9.47 Å². The lowest BCUT2D eigenvalue weighted by Crippen LogP contribution is -2.43. The number of nitrogens with zero attached hydrogens (tertiary/aromatic N) is 3. The Bertz CT molecular complexity index is 629. The average molecular weight is 316 g/mol. The maximum atomic E-state index is 5.75. The molecule has 23 heavy (non-hydrogen) atoms. The number of methoxy groups -OCH3 is 1. The number of ether oxygens (including phenoxy) is 2. The fourth-order valence-electron chi connectivity index (χ4n) is 2.71. The molecule has 1 saturated heterocycles. The Hall–Kier alpha value is -1.92. The molecule has 124 valence electrons. The number of hydrogen-bond acceptors (Lipinski definition) is 6. The van der Waals surface area contributed by atoms with E-state index >= 15 is 0 Å². The SMILES string of the molecule is COc1ccc2ccc(OCCCCN3CCNCC3)nc2n1. The van der Waals surface area contributed by atoms with E-state index in [0.29, 0.717) is 24.0 Å². The van der Waals surface area contributed by atoms with Crippen LogP contribution in [0.15, 0.2) is 24.3 Å². The molecule has 0 aliphatic carbocycles. The van der Waals surface area contributed by atoms with Crippen molar-refractivity contribution < 1.29 is 9.47 Å². The highest BCUT2D eigenvalue weighted by Gasteiger charge is 2.08. The van der Waals surface area contributed by atoms with Crippen LogP contribution in [0.25, 0.3) is 11.0 Å². The van der Waals surface area contributed by atoms with Gasteiger partial charge in [0.1, 0.15) is 0 Å². The Morgan fingerprint density at radius 1 is 1.04 bits per heavy atom. The second-order valence-electron chi connectivity index (χ2n) is 5.70. The topological polar surface area (TPSA) is 59.5 Å². The van der Waals surface area contributed by atoms with E-state index in [1.165, 1.54) is 0 Å². The van der Waals surface area contributed by atoms with Crippen LogP contribution in [0.1, 0.15) is 12.8 Å². The van der Waals surface area contributed by atoms with Crippen LogP contribution in [0.4, 0.5) is 0 Å². The molecular formula is C17H24N4O2. The number of piperazine rings is 1. The zero-order chi connectivity index (χ0) is 15.9. The van der Waals surface area contributed by atoms with Gasteiger partial charge in [-0.25, -0.2) is 0 Å². The van der Waals surface area contributed by atoms with Gasteiger partial charge in [-0.2, -0.15) is 9.97 Å². The third-order valence-corrected chi connectivity index (χ3v) is 4.04. The first-order valence-corrected chi connectivity index (χ1v) is 8.23. The van der Waals surface area contributed by atoms with Gasteiger partial charge in [-0.05, 0) is 31.5 Å². The maximum Gasteiger partial charge on any atom is 0.215 e. The maximum absolute atomic E-state index is 5.75. The molecule has 0 spiro atoms. The van der Waals surface area contributed by atoms with Gasteiger partial charge in [-0.1, -0.05) is 0 Å². The molecule has 1 N–H and O–H groups in total. The van der Waals surface area contributed by atoms with Crippen molar-refractivity contribution >= 4 is 11.0 Å². The van der Waals surface area contributed by atoms with Crippen LogP contribution in [-0.4, -0.2) is 61.3 Å². The molecule has 0 atom stereocenters. The van der Waals surface area contributed by atoms with Crippen molar-refractivity contribution in [2.75, 3.05) is 46.4 Å². The number of pyridine rings is 2. The quantitative estimate of drug-likeness (QED) is 0.785. The molecule has 6 nitrogen and oxygen atoms in total. The highest BCUT2D eigenvalue weighted by molar-refractivity contribution is 5.75. The minimum atomic E-state index is 0.568. The molecule has 3 rings (SSSR count). The summed E-state index contributed by atoms with van der Waals surface area (Å²) in [5, 5.41) is 4.35. The predicted octanol–water partition coefficient (Wildman–Crippen LogP) is 1.70. The van der Waals surface area contributed by atoms with Crippen LogP contribution in [0.5, 0.6) is 11.8 Å². The van der Waals surface area contributed by atoms with Gasteiger partial charge in [-0.3, -0.25) is 0 Å². The Labute approximate surface area is 136 Å². The third kappa shape index (κ3) is 4.53. The summed E-state index contributed by atoms with van der Waals surface area (Å²) in [5.74, 6) is 1.19. The van der Waals surface area contributed by atoms with Gasteiger partial charge in [0, 0.05) is 43.7 Å². The summed E-state index contributed by atoms with van der Waals surface area (Å²) in [6, 6.07) is 7.66. The third-order valence-electron chi connectivity index (χ3n) is 4.04. The summed E-state index contributed by atoms with van der Waals surface area (Å²) in [5.41, 5.74) is 0.655. The molecule has 1 fully saturated rings. The van der Waals surface area contributed by atoms with Crippen molar-refractivity contribution in [3.8, 4) is 11.8 Å². The second-order valence-corrected chi connectivity index (χ2v) is 5.70. The van der Waals surface area contributed by atoms with Crippen LogP contribution in [0.3, 0.4) is 0 Å². The lowest BCUT2D eigenvalue weighted by atomic mass is 10.2. The molecule has 2 aromatic rings. The number of aromatic nitrogens is 2. The molecule has 1 aliphatic heterocycles. The summed E-state index contributed by atoms with van der Waals surface area (Å²) in [7, 11) is 1.60. The highest BCUT2D eigenvalue weighted by atomic mass is 16.5. The first-order chi connectivity index (χ1) is 11.3. The van der Waals surface area contributed by atoms with Crippen molar-refractivity contribution in [1.82, 2.24) is 20.2 Å². The summed E-state index contributed by atoms with van der Waals surface area (Å²) < 4.78 is 10.9.